The number of hydrogen-bond donors (Lipinski definition) is 3. The van der Waals surface area contributed by atoms with Crippen molar-refractivity contribution in [2.24, 2.45) is 0 Å². The van der Waals surface area contributed by atoms with Crippen LogP contribution >= 0.6 is 0 Å². The number of sulfonamides is 1. The van der Waals surface area contributed by atoms with E-state index in [1.165, 1.54) is 0 Å². The Hall–Kier alpha value is -3.33. The molecule has 4 aromatic rings. The molecule has 4 rings (SSSR count). The van der Waals surface area contributed by atoms with Gasteiger partial charge in [0.05, 0.1) is 0 Å². The van der Waals surface area contributed by atoms with E-state index in [0.29, 0.717) is 5.69 Å². The number of aromatic nitrogens is 3. The summed E-state index contributed by atoms with van der Waals surface area (Å²) in [6.07, 6.45) is 0.880. The van der Waals surface area contributed by atoms with Crippen molar-refractivity contribution in [1.82, 2.24) is 14.5 Å². The number of fused-ring (bicyclic) bond motifs is 3. The minimum Gasteiger partial charge on any atom is -0.341 e. The van der Waals surface area contributed by atoms with E-state index in [4.69, 9.17) is 0 Å². The Kier molecular flexibility index (Phi) is 3.88. The predicted octanol–water partition coefficient (Wildman–Crippen LogP) is 1.99. The zero-order valence-corrected chi connectivity index (χ0v) is 15.1. The zero-order chi connectivity index (χ0) is 19.2. The highest BCUT2D eigenvalue weighted by Crippen LogP contribution is 2.31. The largest absolute Gasteiger partial charge is 0.341 e. The first-order valence-electron chi connectivity index (χ1n) is 8.26. The van der Waals surface area contributed by atoms with E-state index < -0.39 is 26.2 Å². The fourth-order valence-corrected chi connectivity index (χ4v) is 4.32. The molecule has 2 aromatic heterocycles. The second-order valence-corrected chi connectivity index (χ2v) is 7.69. The number of H-pyrrole nitrogens is 2. The smallest absolute Gasteiger partial charge is 0.325 e. The second-order valence-electron chi connectivity index (χ2n) is 6.04. The number of anilines is 1. The summed E-state index contributed by atoms with van der Waals surface area (Å²) in [6, 6.07) is 13.1. The van der Waals surface area contributed by atoms with Gasteiger partial charge in [-0.2, -0.15) is 0 Å². The molecule has 0 fully saturated rings. The van der Waals surface area contributed by atoms with Crippen molar-refractivity contribution < 1.29 is 8.42 Å². The van der Waals surface area contributed by atoms with E-state index in [2.05, 4.69) is 14.3 Å². The average molecular weight is 384 g/mol. The molecule has 8 nitrogen and oxygen atoms in total. The average Bonchev–Trinajstić information content (AvgIpc) is 2.94. The van der Waals surface area contributed by atoms with Gasteiger partial charge in [0.15, 0.2) is 4.90 Å². The first kappa shape index (κ1) is 17.1. The Morgan fingerprint density at radius 1 is 1.04 bits per heavy atom. The van der Waals surface area contributed by atoms with E-state index in [-0.39, 0.29) is 0 Å². The molecule has 0 saturated heterocycles. The number of para-hydroxylation sites is 1. The number of nitrogens with one attached hydrogen (secondary N) is 3. The van der Waals surface area contributed by atoms with E-state index in [1.54, 1.807) is 12.1 Å². The van der Waals surface area contributed by atoms with Crippen molar-refractivity contribution in [2.75, 3.05) is 4.72 Å². The van der Waals surface area contributed by atoms with Crippen molar-refractivity contribution in [3.63, 3.8) is 0 Å². The molecule has 0 aliphatic rings. The predicted molar refractivity (Wildman–Crippen MR) is 104 cm³/mol. The normalized spacial score (nSPS) is 11.9. The summed E-state index contributed by atoms with van der Waals surface area (Å²) >= 11 is 0. The van der Waals surface area contributed by atoms with Crippen LogP contribution in [0.15, 0.2) is 63.1 Å². The number of benzene rings is 2. The first-order valence-corrected chi connectivity index (χ1v) is 9.75. The Bertz CT molecular complexity index is 1400. The highest BCUT2D eigenvalue weighted by molar-refractivity contribution is 7.92. The molecule has 2 aromatic carbocycles. The van der Waals surface area contributed by atoms with Gasteiger partial charge in [-0.3, -0.25) is 14.5 Å². The molecule has 138 valence electrons. The van der Waals surface area contributed by atoms with Gasteiger partial charge >= 0.3 is 5.69 Å². The lowest BCUT2D eigenvalue weighted by molar-refractivity contribution is 0.599. The minimum atomic E-state index is -4.15. The third-order valence-electron chi connectivity index (χ3n) is 4.42. The van der Waals surface area contributed by atoms with Gasteiger partial charge in [0.2, 0.25) is 0 Å². The third-order valence-corrected chi connectivity index (χ3v) is 5.80. The highest BCUT2D eigenvalue weighted by Gasteiger charge is 2.19. The molecular formula is C18H16N4O4S. The summed E-state index contributed by atoms with van der Waals surface area (Å²) in [7, 11) is -4.15. The first-order chi connectivity index (χ1) is 12.9. The van der Waals surface area contributed by atoms with E-state index in [9.17, 15) is 18.0 Å². The number of aromatic amines is 2. The maximum Gasteiger partial charge on any atom is 0.325 e. The van der Waals surface area contributed by atoms with Gasteiger partial charge in [0.25, 0.3) is 15.6 Å². The van der Waals surface area contributed by atoms with Crippen LogP contribution in [0.4, 0.5) is 5.69 Å². The molecule has 0 spiro atoms. The van der Waals surface area contributed by atoms with Crippen molar-refractivity contribution in [1.29, 1.82) is 0 Å². The number of aryl methyl sites for hydroxylation is 1. The van der Waals surface area contributed by atoms with Crippen LogP contribution in [-0.2, 0) is 16.6 Å². The van der Waals surface area contributed by atoms with Crippen molar-refractivity contribution in [2.45, 2.75) is 18.4 Å². The van der Waals surface area contributed by atoms with Gasteiger partial charge in [-0.05, 0) is 31.2 Å². The van der Waals surface area contributed by atoms with Crippen LogP contribution in [0, 0.1) is 0 Å². The minimum absolute atomic E-state index is 0.326. The van der Waals surface area contributed by atoms with E-state index >= 15 is 0 Å². The van der Waals surface area contributed by atoms with Crippen LogP contribution in [0.5, 0.6) is 0 Å². The van der Waals surface area contributed by atoms with Crippen LogP contribution in [0.3, 0.4) is 0 Å². The van der Waals surface area contributed by atoms with Gasteiger partial charge in [-0.25, -0.2) is 13.2 Å². The molecule has 0 saturated carbocycles. The van der Waals surface area contributed by atoms with Crippen LogP contribution < -0.4 is 16.0 Å². The summed E-state index contributed by atoms with van der Waals surface area (Å²) in [5.41, 5.74) is 0.630. The molecule has 0 bridgehead atoms. The van der Waals surface area contributed by atoms with Crippen molar-refractivity contribution in [3.05, 3.63) is 69.5 Å². The molecule has 0 aliphatic heterocycles. The molecular weight excluding hydrogens is 368 g/mol. The lowest BCUT2D eigenvalue weighted by Gasteiger charge is -2.08. The number of nitrogens with zero attached hydrogens (tertiary/aromatic N) is 1. The fourth-order valence-electron chi connectivity index (χ4n) is 3.27. The zero-order valence-electron chi connectivity index (χ0n) is 14.3. The van der Waals surface area contributed by atoms with Crippen molar-refractivity contribution in [3.8, 4) is 0 Å². The molecule has 0 aliphatic carbocycles. The summed E-state index contributed by atoms with van der Waals surface area (Å²) in [6.45, 7) is 2.83. The summed E-state index contributed by atoms with van der Waals surface area (Å²) in [5.74, 6) is 0. The topological polar surface area (TPSA) is 117 Å². The monoisotopic (exact) mass is 384 g/mol. The molecule has 9 heteroatoms. The second kappa shape index (κ2) is 6.13. The SMILES string of the molecule is CCn1c2ccccc2c2cc(NS(=O)(=O)c3c[nH]c(=O)[nH]c3=O)ccc21. The summed E-state index contributed by atoms with van der Waals surface area (Å²) < 4.78 is 29.6. The number of hydrogen-bond acceptors (Lipinski definition) is 4. The van der Waals surface area contributed by atoms with Crippen LogP contribution in [0.1, 0.15) is 6.92 Å². The molecule has 0 amide bonds. The standard InChI is InChI=1S/C18H16N4O4S/c1-2-22-14-6-4-3-5-12(14)13-9-11(7-8-15(13)22)21-27(25,26)16-10-19-18(24)20-17(16)23/h3-10,21H,2H2,1H3,(H2,19,20,23,24). The Morgan fingerprint density at radius 2 is 1.78 bits per heavy atom. The summed E-state index contributed by atoms with van der Waals surface area (Å²) in [4.78, 5) is 26.4. The molecule has 0 atom stereocenters. The molecule has 27 heavy (non-hydrogen) atoms. The van der Waals surface area contributed by atoms with Gasteiger partial charge in [-0.15, -0.1) is 0 Å². The molecule has 3 N–H and O–H groups in total. The molecule has 0 radical (unpaired) electrons. The Labute approximate surface area is 153 Å². The number of rotatable bonds is 4. The lowest BCUT2D eigenvalue weighted by Crippen LogP contribution is -2.29. The fraction of sp³-hybridized carbons (Fsp3) is 0.111. The Balaban J connectivity index is 1.84. The van der Waals surface area contributed by atoms with Crippen LogP contribution in [0.25, 0.3) is 21.8 Å². The third kappa shape index (κ3) is 2.81. The molecule has 2 heterocycles. The van der Waals surface area contributed by atoms with E-state index in [1.807, 2.05) is 42.2 Å². The lowest BCUT2D eigenvalue weighted by atomic mass is 10.1. The van der Waals surface area contributed by atoms with Gasteiger partial charge in [0.1, 0.15) is 0 Å². The van der Waals surface area contributed by atoms with E-state index in [0.717, 1.165) is 34.5 Å². The van der Waals surface area contributed by atoms with Gasteiger partial charge in [0, 0.05) is 40.2 Å². The van der Waals surface area contributed by atoms with Crippen molar-refractivity contribution >= 4 is 37.5 Å². The molecule has 0 unspecified atom stereocenters. The maximum atomic E-state index is 12.5. The highest BCUT2D eigenvalue weighted by atomic mass is 32.2. The van der Waals surface area contributed by atoms with Crippen LogP contribution in [-0.4, -0.2) is 23.0 Å². The van der Waals surface area contributed by atoms with Crippen LogP contribution in [0.2, 0.25) is 0 Å². The summed E-state index contributed by atoms with van der Waals surface area (Å²) in [5, 5.41) is 1.92. The maximum absolute atomic E-state index is 12.5. The quantitative estimate of drug-likeness (QED) is 0.499. The van der Waals surface area contributed by atoms with Gasteiger partial charge in [-0.1, -0.05) is 18.2 Å². The Morgan fingerprint density at radius 3 is 2.52 bits per heavy atom. The van der Waals surface area contributed by atoms with Gasteiger partial charge < -0.3 is 9.55 Å².